The van der Waals surface area contributed by atoms with Crippen molar-refractivity contribution in [2.24, 2.45) is 0 Å². The van der Waals surface area contributed by atoms with E-state index in [0.29, 0.717) is 16.5 Å². The van der Waals surface area contributed by atoms with Crippen LogP contribution in [-0.2, 0) is 0 Å². The maximum atomic E-state index is 11.0. The summed E-state index contributed by atoms with van der Waals surface area (Å²) in [5.41, 5.74) is 3.51. The Morgan fingerprint density at radius 1 is 1.45 bits per heavy atom. The molecule has 0 bridgehead atoms. The third-order valence-electron chi connectivity index (χ3n) is 3.89. The molecule has 0 amide bonds. The highest BCUT2D eigenvalue weighted by atomic mass is 32.1. The number of hydrogen-bond donors (Lipinski definition) is 2. The van der Waals surface area contributed by atoms with Crippen molar-refractivity contribution in [3.05, 3.63) is 40.5 Å². The van der Waals surface area contributed by atoms with Gasteiger partial charge < -0.3 is 10.1 Å². The second-order valence-electron chi connectivity index (χ2n) is 5.39. The number of aromatic amines is 1. The van der Waals surface area contributed by atoms with E-state index in [1.165, 1.54) is 6.20 Å². The van der Waals surface area contributed by atoms with E-state index in [0.717, 1.165) is 46.3 Å². The Morgan fingerprint density at radius 3 is 2.91 bits per heavy atom. The van der Waals surface area contributed by atoms with Crippen LogP contribution in [0.2, 0.25) is 0 Å². The van der Waals surface area contributed by atoms with Gasteiger partial charge in [0.2, 0.25) is 0 Å². The topological polar surface area (TPSA) is 89.8 Å². The van der Waals surface area contributed by atoms with Gasteiger partial charge in [0.1, 0.15) is 16.0 Å². The average molecular weight is 309 g/mol. The van der Waals surface area contributed by atoms with Gasteiger partial charge >= 0.3 is 5.97 Å². The van der Waals surface area contributed by atoms with E-state index in [1.54, 1.807) is 0 Å². The molecule has 0 atom stereocenters. The summed E-state index contributed by atoms with van der Waals surface area (Å²) in [6, 6.07) is 8.05. The largest absolute Gasteiger partial charge is 0.477 e. The molecule has 4 rings (SSSR count). The van der Waals surface area contributed by atoms with Crippen LogP contribution in [0.15, 0.2) is 24.4 Å². The van der Waals surface area contributed by atoms with Crippen molar-refractivity contribution >= 4 is 28.2 Å². The number of rotatable bonds is 3. The van der Waals surface area contributed by atoms with Gasteiger partial charge in [-0.1, -0.05) is 0 Å². The molecule has 0 aliphatic heterocycles. The lowest BCUT2D eigenvalue weighted by atomic mass is 10.1. The summed E-state index contributed by atoms with van der Waals surface area (Å²) in [5, 5.41) is 20.0. The first-order valence-electron chi connectivity index (χ1n) is 6.92. The van der Waals surface area contributed by atoms with Gasteiger partial charge in [-0.2, -0.15) is 5.26 Å². The van der Waals surface area contributed by atoms with Crippen LogP contribution in [-0.4, -0.2) is 21.0 Å². The van der Waals surface area contributed by atoms with Gasteiger partial charge in [-0.25, -0.2) is 9.78 Å². The highest BCUT2D eigenvalue weighted by molar-refractivity contribution is 7.16. The fourth-order valence-corrected chi connectivity index (χ4v) is 3.40. The molecule has 1 fully saturated rings. The number of nitriles is 1. The van der Waals surface area contributed by atoms with E-state index in [-0.39, 0.29) is 4.88 Å². The van der Waals surface area contributed by atoms with Crippen LogP contribution >= 0.6 is 11.3 Å². The maximum Gasteiger partial charge on any atom is 0.347 e. The Hall–Kier alpha value is -2.65. The van der Waals surface area contributed by atoms with Crippen LogP contribution in [0.4, 0.5) is 0 Å². The van der Waals surface area contributed by atoms with Gasteiger partial charge in [0.15, 0.2) is 0 Å². The standard InChI is InChI=1S/C16H11N3O2S/c17-6-11-10-5-9(15-18-7-13(22-15)16(20)21)3-4-12(10)19-14(11)8-1-2-8/h3-5,7-8,19H,1-2H2,(H,20,21). The molecule has 1 aromatic carbocycles. The molecule has 0 radical (unpaired) electrons. The van der Waals surface area contributed by atoms with Crippen LogP contribution in [0.5, 0.6) is 0 Å². The molecule has 22 heavy (non-hydrogen) atoms. The van der Waals surface area contributed by atoms with E-state index in [4.69, 9.17) is 5.11 Å². The number of fused-ring (bicyclic) bond motifs is 1. The van der Waals surface area contributed by atoms with Crippen molar-refractivity contribution in [3.8, 4) is 16.6 Å². The molecule has 1 aliphatic rings. The summed E-state index contributed by atoms with van der Waals surface area (Å²) >= 11 is 1.14. The van der Waals surface area contributed by atoms with Crippen LogP contribution in [0.3, 0.4) is 0 Å². The normalized spacial score (nSPS) is 14.1. The highest BCUT2D eigenvalue weighted by Gasteiger charge is 2.29. The lowest BCUT2D eigenvalue weighted by molar-refractivity contribution is 0.0702. The quantitative estimate of drug-likeness (QED) is 0.771. The molecular weight excluding hydrogens is 298 g/mol. The van der Waals surface area contributed by atoms with E-state index in [9.17, 15) is 10.1 Å². The molecule has 6 heteroatoms. The number of thiazole rings is 1. The van der Waals surface area contributed by atoms with Crippen molar-refractivity contribution in [1.82, 2.24) is 9.97 Å². The van der Waals surface area contributed by atoms with Crippen molar-refractivity contribution in [2.45, 2.75) is 18.8 Å². The van der Waals surface area contributed by atoms with Crippen LogP contribution in [0, 0.1) is 11.3 Å². The first kappa shape index (κ1) is 13.0. The predicted octanol–water partition coefficient (Wildman–Crippen LogP) is 3.74. The Labute approximate surface area is 129 Å². The summed E-state index contributed by atoms with van der Waals surface area (Å²) in [6.45, 7) is 0. The van der Waals surface area contributed by atoms with Crippen molar-refractivity contribution in [3.63, 3.8) is 0 Å². The van der Waals surface area contributed by atoms with Gasteiger partial charge in [-0.15, -0.1) is 11.3 Å². The van der Waals surface area contributed by atoms with E-state index in [1.807, 2.05) is 18.2 Å². The predicted molar refractivity (Wildman–Crippen MR) is 83.1 cm³/mol. The number of benzene rings is 1. The van der Waals surface area contributed by atoms with Gasteiger partial charge in [-0.05, 0) is 31.0 Å². The average Bonchev–Trinajstić information content (AvgIpc) is 3.12. The minimum Gasteiger partial charge on any atom is -0.477 e. The molecule has 2 heterocycles. The molecule has 0 spiro atoms. The molecule has 3 aromatic rings. The van der Waals surface area contributed by atoms with Crippen molar-refractivity contribution < 1.29 is 9.90 Å². The fraction of sp³-hybridized carbons (Fsp3) is 0.188. The van der Waals surface area contributed by atoms with Crippen LogP contribution in [0.25, 0.3) is 21.5 Å². The molecule has 2 N–H and O–H groups in total. The molecular formula is C16H11N3O2S. The van der Waals surface area contributed by atoms with Crippen LogP contribution < -0.4 is 0 Å². The number of nitrogens with zero attached hydrogens (tertiary/aromatic N) is 2. The van der Waals surface area contributed by atoms with E-state index >= 15 is 0 Å². The lowest BCUT2D eigenvalue weighted by Gasteiger charge is -1.97. The van der Waals surface area contributed by atoms with Crippen molar-refractivity contribution in [1.29, 1.82) is 5.26 Å². The van der Waals surface area contributed by atoms with E-state index in [2.05, 4.69) is 16.0 Å². The molecule has 108 valence electrons. The maximum absolute atomic E-state index is 11.0. The zero-order chi connectivity index (χ0) is 15.3. The summed E-state index contributed by atoms with van der Waals surface area (Å²) in [4.78, 5) is 18.7. The minimum absolute atomic E-state index is 0.211. The van der Waals surface area contributed by atoms with E-state index < -0.39 is 5.97 Å². The number of aromatic carboxylic acids is 1. The Bertz CT molecular complexity index is 944. The second-order valence-corrected chi connectivity index (χ2v) is 6.43. The zero-order valence-corrected chi connectivity index (χ0v) is 12.3. The number of H-pyrrole nitrogens is 1. The van der Waals surface area contributed by atoms with Crippen molar-refractivity contribution in [2.75, 3.05) is 0 Å². The first-order valence-corrected chi connectivity index (χ1v) is 7.74. The number of hydrogen-bond acceptors (Lipinski definition) is 4. The highest BCUT2D eigenvalue weighted by Crippen LogP contribution is 2.43. The second kappa shape index (κ2) is 4.68. The zero-order valence-electron chi connectivity index (χ0n) is 11.5. The number of carboxylic acids is 1. The van der Waals surface area contributed by atoms with Gasteiger partial charge in [0.05, 0.1) is 11.8 Å². The van der Waals surface area contributed by atoms with Gasteiger partial charge in [-0.3, -0.25) is 0 Å². The summed E-state index contributed by atoms with van der Waals surface area (Å²) in [5.74, 6) is -0.496. The molecule has 1 aliphatic carbocycles. The van der Waals surface area contributed by atoms with Gasteiger partial charge in [0, 0.05) is 28.1 Å². The smallest absolute Gasteiger partial charge is 0.347 e. The number of nitrogens with one attached hydrogen (secondary N) is 1. The molecule has 5 nitrogen and oxygen atoms in total. The third kappa shape index (κ3) is 1.98. The monoisotopic (exact) mass is 309 g/mol. The summed E-state index contributed by atoms with van der Waals surface area (Å²) in [7, 11) is 0. The Kier molecular flexibility index (Phi) is 2.78. The molecule has 0 saturated heterocycles. The third-order valence-corrected chi connectivity index (χ3v) is 4.92. The fourth-order valence-electron chi connectivity index (χ4n) is 2.65. The minimum atomic E-state index is -0.972. The Morgan fingerprint density at radius 2 is 2.27 bits per heavy atom. The lowest BCUT2D eigenvalue weighted by Crippen LogP contribution is -1.89. The summed E-state index contributed by atoms with van der Waals surface area (Å²) in [6.07, 6.45) is 3.62. The molecule has 1 saturated carbocycles. The Balaban J connectivity index is 1.85. The number of aromatic nitrogens is 2. The number of carboxylic acid groups (broad SMARTS) is 1. The van der Waals surface area contributed by atoms with Gasteiger partial charge in [0.25, 0.3) is 0 Å². The summed E-state index contributed by atoms with van der Waals surface area (Å²) < 4.78 is 0. The SMILES string of the molecule is N#Cc1c(C2CC2)[nH]c2ccc(-c3ncc(C(=O)O)s3)cc12. The number of carbonyl (C=O) groups is 1. The molecule has 0 unspecified atom stereocenters. The first-order chi connectivity index (χ1) is 10.7. The molecule has 2 aromatic heterocycles. The van der Waals surface area contributed by atoms with Crippen LogP contribution in [0.1, 0.15) is 39.7 Å².